The summed E-state index contributed by atoms with van der Waals surface area (Å²) in [6.07, 6.45) is 4.16. The molecule has 7 heteroatoms. The summed E-state index contributed by atoms with van der Waals surface area (Å²) in [6, 6.07) is -0.276. The van der Waals surface area contributed by atoms with Crippen LogP contribution in [0.2, 0.25) is 0 Å². The lowest BCUT2D eigenvalue weighted by atomic mass is 10.2. The predicted octanol–water partition coefficient (Wildman–Crippen LogP) is -0.210. The molecule has 2 heterocycles. The van der Waals surface area contributed by atoms with Gasteiger partial charge in [-0.3, -0.25) is 0 Å². The smallest absolute Gasteiger partial charge is 0.407 e. The molecule has 1 aromatic rings. The number of amides is 1. The van der Waals surface area contributed by atoms with Gasteiger partial charge in [-0.15, -0.1) is 10.2 Å². The summed E-state index contributed by atoms with van der Waals surface area (Å²) in [5.41, 5.74) is 0. The first kappa shape index (κ1) is 8.67. The Morgan fingerprint density at radius 1 is 1.86 bits per heavy atom. The quantitative estimate of drug-likeness (QED) is 0.670. The molecule has 1 aliphatic heterocycles. The molecule has 14 heavy (non-hydrogen) atoms. The van der Waals surface area contributed by atoms with Crippen LogP contribution in [-0.2, 0) is 4.74 Å². The van der Waals surface area contributed by atoms with Crippen LogP contribution < -0.4 is 5.32 Å². The number of carbonyl (C=O) groups is 1. The van der Waals surface area contributed by atoms with Gasteiger partial charge in [0.1, 0.15) is 6.33 Å². The highest BCUT2D eigenvalue weighted by molar-refractivity contribution is 5.69. The third kappa shape index (κ3) is 1.43. The first-order chi connectivity index (χ1) is 6.81. The van der Waals surface area contributed by atoms with Gasteiger partial charge in [0.05, 0.1) is 19.4 Å². The molecule has 73 valence electrons. The van der Waals surface area contributed by atoms with E-state index in [0.717, 1.165) is 0 Å². The van der Waals surface area contributed by atoms with Crippen LogP contribution in [0.15, 0.2) is 11.4 Å². The van der Waals surface area contributed by atoms with Gasteiger partial charge in [-0.05, 0) is 0 Å². The summed E-state index contributed by atoms with van der Waals surface area (Å²) in [6.45, 7) is 0. The predicted molar refractivity (Wildman–Crippen MR) is 45.8 cm³/mol. The van der Waals surface area contributed by atoms with Crippen LogP contribution in [0.25, 0.3) is 0 Å². The number of methoxy groups -OCH3 is 1. The minimum atomic E-state index is -0.506. The van der Waals surface area contributed by atoms with Gasteiger partial charge in [-0.25, -0.2) is 9.47 Å². The Kier molecular flexibility index (Phi) is 2.13. The van der Waals surface area contributed by atoms with Gasteiger partial charge in [-0.2, -0.15) is 5.10 Å². The maximum atomic E-state index is 11.0. The number of aromatic nitrogens is 3. The van der Waals surface area contributed by atoms with Crippen molar-refractivity contribution in [1.82, 2.24) is 20.2 Å². The molecule has 1 aliphatic rings. The fourth-order valence-electron chi connectivity index (χ4n) is 1.16. The van der Waals surface area contributed by atoms with E-state index in [1.165, 1.54) is 18.1 Å². The maximum Gasteiger partial charge on any atom is 0.407 e. The minimum absolute atomic E-state index is 0.276. The Morgan fingerprint density at radius 3 is 3.50 bits per heavy atom. The topological polar surface area (TPSA) is 81.4 Å². The van der Waals surface area contributed by atoms with Crippen molar-refractivity contribution in [3.05, 3.63) is 12.2 Å². The standard InChI is InChI=1S/C7H8N5O2/c1-14-7(13)10-5-2-3-9-12-4-8-11-6(5)12/h4-5H,2H2,1H3,(H,10,13). The molecule has 0 fully saturated rings. The zero-order valence-electron chi connectivity index (χ0n) is 7.47. The second-order valence-electron chi connectivity index (χ2n) is 2.68. The molecular weight excluding hydrogens is 186 g/mol. The van der Waals surface area contributed by atoms with E-state index in [2.05, 4.69) is 31.6 Å². The molecule has 7 nitrogen and oxygen atoms in total. The molecule has 1 atom stereocenters. The molecule has 0 aliphatic carbocycles. The molecule has 1 N–H and O–H groups in total. The van der Waals surface area contributed by atoms with E-state index >= 15 is 0 Å². The van der Waals surface area contributed by atoms with Gasteiger partial charge in [0, 0.05) is 6.42 Å². The lowest BCUT2D eigenvalue weighted by Crippen LogP contribution is -2.31. The second-order valence-corrected chi connectivity index (χ2v) is 2.68. The van der Waals surface area contributed by atoms with E-state index in [-0.39, 0.29) is 6.04 Å². The van der Waals surface area contributed by atoms with Crippen molar-refractivity contribution in [1.29, 1.82) is 0 Å². The molecular formula is C7H8N5O2. The Bertz CT molecular complexity index is 372. The molecule has 2 rings (SSSR count). The Labute approximate surface area is 79.8 Å². The van der Waals surface area contributed by atoms with Crippen LogP contribution in [0.4, 0.5) is 4.79 Å². The fraction of sp³-hybridized carbons (Fsp3) is 0.429. The van der Waals surface area contributed by atoms with Gasteiger partial charge < -0.3 is 10.1 Å². The van der Waals surface area contributed by atoms with Crippen LogP contribution in [0.1, 0.15) is 18.3 Å². The first-order valence-corrected chi connectivity index (χ1v) is 3.99. The van der Waals surface area contributed by atoms with Crippen LogP contribution >= 0.6 is 0 Å². The average Bonchev–Trinajstić information content (AvgIpc) is 2.66. The Balaban J connectivity index is 2.16. The first-order valence-electron chi connectivity index (χ1n) is 3.99. The van der Waals surface area contributed by atoms with Gasteiger partial charge in [-0.1, -0.05) is 0 Å². The summed E-state index contributed by atoms with van der Waals surface area (Å²) < 4.78 is 5.94. The van der Waals surface area contributed by atoms with Gasteiger partial charge in [0.15, 0.2) is 5.82 Å². The highest BCUT2D eigenvalue weighted by Crippen LogP contribution is 2.16. The van der Waals surface area contributed by atoms with E-state index in [4.69, 9.17) is 0 Å². The molecule has 0 saturated carbocycles. The third-order valence-electron chi connectivity index (χ3n) is 1.82. The number of hydrogen-bond donors (Lipinski definition) is 1. The number of ether oxygens (including phenoxy) is 1. The number of alkyl carbamates (subject to hydrolysis) is 1. The van der Waals surface area contributed by atoms with Crippen LogP contribution in [0, 0.1) is 0 Å². The normalized spacial score (nSPS) is 18.8. The van der Waals surface area contributed by atoms with Gasteiger partial charge in [0.25, 0.3) is 0 Å². The van der Waals surface area contributed by atoms with Crippen molar-refractivity contribution in [2.24, 2.45) is 5.10 Å². The molecule has 0 saturated heterocycles. The number of rotatable bonds is 1. The van der Waals surface area contributed by atoms with Crippen molar-refractivity contribution >= 4 is 12.3 Å². The molecule has 1 unspecified atom stereocenters. The number of nitrogens with zero attached hydrogens (tertiary/aromatic N) is 4. The highest BCUT2D eigenvalue weighted by atomic mass is 16.5. The second kappa shape index (κ2) is 3.44. The summed E-state index contributed by atoms with van der Waals surface area (Å²) in [5.74, 6) is 0.578. The third-order valence-corrected chi connectivity index (χ3v) is 1.82. The van der Waals surface area contributed by atoms with E-state index in [9.17, 15) is 4.79 Å². The SMILES string of the molecule is COC(=O)NC1C[C]=Nn2cnnc21. The average molecular weight is 194 g/mol. The molecule has 0 spiro atoms. The molecule has 1 amide bonds. The van der Waals surface area contributed by atoms with E-state index in [0.29, 0.717) is 12.2 Å². The van der Waals surface area contributed by atoms with Crippen LogP contribution in [-0.4, -0.2) is 34.3 Å². The zero-order valence-corrected chi connectivity index (χ0v) is 7.47. The van der Waals surface area contributed by atoms with Crippen molar-refractivity contribution in [2.75, 3.05) is 7.11 Å². The van der Waals surface area contributed by atoms with Crippen molar-refractivity contribution in [3.8, 4) is 0 Å². The van der Waals surface area contributed by atoms with Crippen molar-refractivity contribution in [2.45, 2.75) is 12.5 Å². The van der Waals surface area contributed by atoms with Gasteiger partial charge >= 0.3 is 6.09 Å². The molecule has 0 aromatic carbocycles. The fourth-order valence-corrected chi connectivity index (χ4v) is 1.16. The van der Waals surface area contributed by atoms with Crippen molar-refractivity contribution in [3.63, 3.8) is 0 Å². The van der Waals surface area contributed by atoms with Gasteiger partial charge in [0.2, 0.25) is 0 Å². The lowest BCUT2D eigenvalue weighted by molar-refractivity contribution is 0.166. The lowest BCUT2D eigenvalue weighted by Gasteiger charge is -2.16. The number of hydrogen-bond acceptors (Lipinski definition) is 5. The molecule has 0 bridgehead atoms. The van der Waals surface area contributed by atoms with Crippen molar-refractivity contribution < 1.29 is 9.53 Å². The van der Waals surface area contributed by atoms with E-state index in [1.807, 2.05) is 0 Å². The van der Waals surface area contributed by atoms with E-state index < -0.39 is 6.09 Å². The number of carbonyl (C=O) groups excluding carboxylic acids is 1. The Hall–Kier alpha value is -1.92. The molecule has 1 radical (unpaired) electrons. The monoisotopic (exact) mass is 194 g/mol. The largest absolute Gasteiger partial charge is 0.453 e. The summed E-state index contributed by atoms with van der Waals surface area (Å²) in [7, 11) is 1.31. The summed E-state index contributed by atoms with van der Waals surface area (Å²) in [4.78, 5) is 11.0. The highest BCUT2D eigenvalue weighted by Gasteiger charge is 2.22. The van der Waals surface area contributed by atoms with E-state index in [1.54, 1.807) is 0 Å². The zero-order chi connectivity index (χ0) is 9.97. The Morgan fingerprint density at radius 2 is 2.71 bits per heavy atom. The van der Waals surface area contributed by atoms with Crippen LogP contribution in [0.5, 0.6) is 0 Å². The maximum absolute atomic E-state index is 11.0. The van der Waals surface area contributed by atoms with Crippen LogP contribution in [0.3, 0.4) is 0 Å². The summed E-state index contributed by atoms with van der Waals surface area (Å²) >= 11 is 0. The number of nitrogens with one attached hydrogen (secondary N) is 1. The minimum Gasteiger partial charge on any atom is -0.453 e. The summed E-state index contributed by atoms with van der Waals surface area (Å²) in [5, 5.41) is 14.0. The number of fused-ring (bicyclic) bond motifs is 1. The molecule has 1 aromatic heterocycles.